The van der Waals surface area contributed by atoms with Gasteiger partial charge in [0.15, 0.2) is 5.16 Å². The third kappa shape index (κ3) is 2.07. The first kappa shape index (κ1) is 9.52. The van der Waals surface area contributed by atoms with E-state index in [1.165, 1.54) is 18.9 Å². The minimum Gasteiger partial charge on any atom is -0.324 e. The maximum absolute atomic E-state index is 11.1. The van der Waals surface area contributed by atoms with E-state index in [0.717, 1.165) is 10.9 Å². The van der Waals surface area contributed by atoms with Crippen molar-refractivity contribution in [2.45, 2.75) is 24.0 Å². The van der Waals surface area contributed by atoms with Gasteiger partial charge in [-0.2, -0.15) is 4.98 Å². The summed E-state index contributed by atoms with van der Waals surface area (Å²) in [5.74, 6) is 0.795. The van der Waals surface area contributed by atoms with Crippen LogP contribution in [0.1, 0.15) is 18.9 Å². The standard InChI is InChI=1S/C10H12N2OS/c1-2-7-14-10-11-9(13)5-6-12(10)8-3-4-8/h2,5-6,8H,1,3-4,7H2. The summed E-state index contributed by atoms with van der Waals surface area (Å²) in [5, 5.41) is 0.819. The maximum Gasteiger partial charge on any atom is 0.273 e. The molecular formula is C10H12N2OS. The molecule has 1 heterocycles. The molecule has 0 atom stereocenters. The fraction of sp³-hybridized carbons (Fsp3) is 0.400. The molecule has 1 aliphatic carbocycles. The Bertz CT molecular complexity index is 395. The van der Waals surface area contributed by atoms with Gasteiger partial charge in [0.05, 0.1) is 0 Å². The number of hydrogen-bond acceptors (Lipinski definition) is 3. The van der Waals surface area contributed by atoms with Crippen LogP contribution in [0.2, 0.25) is 0 Å². The summed E-state index contributed by atoms with van der Waals surface area (Å²) in [6, 6.07) is 2.09. The second kappa shape index (κ2) is 4.00. The molecule has 0 saturated heterocycles. The highest BCUT2D eigenvalue weighted by atomic mass is 32.2. The van der Waals surface area contributed by atoms with Crippen LogP contribution in [0.25, 0.3) is 0 Å². The Hall–Kier alpha value is -1.03. The Morgan fingerprint density at radius 1 is 1.71 bits per heavy atom. The molecule has 0 spiro atoms. The Balaban J connectivity index is 2.27. The molecule has 3 nitrogen and oxygen atoms in total. The van der Waals surface area contributed by atoms with Gasteiger partial charge in [0, 0.05) is 24.1 Å². The van der Waals surface area contributed by atoms with Crippen molar-refractivity contribution < 1.29 is 0 Å². The van der Waals surface area contributed by atoms with Crippen molar-refractivity contribution in [3.8, 4) is 0 Å². The van der Waals surface area contributed by atoms with Crippen molar-refractivity contribution in [3.05, 3.63) is 35.3 Å². The van der Waals surface area contributed by atoms with Crippen molar-refractivity contribution in [2.75, 3.05) is 5.75 Å². The molecule has 2 rings (SSSR count). The number of nitrogens with zero attached hydrogens (tertiary/aromatic N) is 2. The molecule has 1 aromatic heterocycles. The predicted molar refractivity (Wildman–Crippen MR) is 57.7 cm³/mol. The average molecular weight is 208 g/mol. The molecule has 74 valence electrons. The SMILES string of the molecule is C=CCSc1nc(=O)ccn1C1CC1. The van der Waals surface area contributed by atoms with Gasteiger partial charge in [-0.25, -0.2) is 0 Å². The number of thioether (sulfide) groups is 1. The first-order valence-electron chi connectivity index (χ1n) is 4.64. The van der Waals surface area contributed by atoms with Crippen molar-refractivity contribution in [2.24, 2.45) is 0 Å². The second-order valence-corrected chi connectivity index (χ2v) is 4.27. The summed E-state index contributed by atoms with van der Waals surface area (Å²) in [7, 11) is 0. The van der Waals surface area contributed by atoms with Crippen LogP contribution in [0.3, 0.4) is 0 Å². The van der Waals surface area contributed by atoms with E-state index in [1.807, 2.05) is 12.3 Å². The fourth-order valence-corrected chi connectivity index (χ4v) is 2.05. The zero-order valence-corrected chi connectivity index (χ0v) is 8.67. The molecule has 0 aliphatic heterocycles. The van der Waals surface area contributed by atoms with Gasteiger partial charge in [0.25, 0.3) is 5.56 Å². The molecule has 0 amide bonds. The Labute approximate surface area is 86.9 Å². The molecule has 0 aromatic carbocycles. The van der Waals surface area contributed by atoms with Crippen LogP contribution in [0.5, 0.6) is 0 Å². The normalized spacial score (nSPS) is 15.4. The lowest BCUT2D eigenvalue weighted by atomic mass is 10.6. The molecule has 1 saturated carbocycles. The number of rotatable bonds is 4. The van der Waals surface area contributed by atoms with Crippen LogP contribution in [-0.4, -0.2) is 15.3 Å². The molecule has 0 bridgehead atoms. The lowest BCUT2D eigenvalue weighted by molar-refractivity contribution is 0.624. The van der Waals surface area contributed by atoms with Gasteiger partial charge in [-0.15, -0.1) is 6.58 Å². The predicted octanol–water partition coefficient (Wildman–Crippen LogP) is 1.86. The van der Waals surface area contributed by atoms with Gasteiger partial charge in [0.2, 0.25) is 0 Å². The molecule has 14 heavy (non-hydrogen) atoms. The zero-order chi connectivity index (χ0) is 9.97. The molecule has 1 aromatic rings. The van der Waals surface area contributed by atoms with Crippen LogP contribution < -0.4 is 5.56 Å². The van der Waals surface area contributed by atoms with Crippen molar-refractivity contribution >= 4 is 11.8 Å². The van der Waals surface area contributed by atoms with Crippen molar-refractivity contribution in [1.29, 1.82) is 0 Å². The molecule has 1 fully saturated rings. The summed E-state index contributed by atoms with van der Waals surface area (Å²) < 4.78 is 2.09. The van der Waals surface area contributed by atoms with Gasteiger partial charge < -0.3 is 4.57 Å². The van der Waals surface area contributed by atoms with E-state index in [0.29, 0.717) is 6.04 Å². The second-order valence-electron chi connectivity index (χ2n) is 3.29. The zero-order valence-electron chi connectivity index (χ0n) is 7.85. The Kier molecular flexibility index (Phi) is 2.72. The molecule has 4 heteroatoms. The maximum atomic E-state index is 11.1. The summed E-state index contributed by atoms with van der Waals surface area (Å²) in [4.78, 5) is 15.1. The van der Waals surface area contributed by atoms with Crippen molar-refractivity contribution in [3.63, 3.8) is 0 Å². The summed E-state index contributed by atoms with van der Waals surface area (Å²) in [5.41, 5.74) is -0.159. The highest BCUT2D eigenvalue weighted by molar-refractivity contribution is 7.99. The first-order chi connectivity index (χ1) is 6.81. The minimum atomic E-state index is -0.159. The molecule has 0 unspecified atom stereocenters. The van der Waals surface area contributed by atoms with E-state index in [4.69, 9.17) is 0 Å². The van der Waals surface area contributed by atoms with E-state index in [-0.39, 0.29) is 5.56 Å². The van der Waals surface area contributed by atoms with Crippen LogP contribution >= 0.6 is 11.8 Å². The van der Waals surface area contributed by atoms with Gasteiger partial charge >= 0.3 is 0 Å². The van der Waals surface area contributed by atoms with E-state index in [9.17, 15) is 4.79 Å². The third-order valence-electron chi connectivity index (χ3n) is 2.07. The third-order valence-corrected chi connectivity index (χ3v) is 3.04. The molecule has 1 aliphatic rings. The van der Waals surface area contributed by atoms with E-state index < -0.39 is 0 Å². The van der Waals surface area contributed by atoms with Crippen LogP contribution in [-0.2, 0) is 0 Å². The Morgan fingerprint density at radius 2 is 2.50 bits per heavy atom. The van der Waals surface area contributed by atoms with Crippen LogP contribution in [0.15, 0.2) is 34.9 Å². The molecular weight excluding hydrogens is 196 g/mol. The topological polar surface area (TPSA) is 34.9 Å². The lowest BCUT2D eigenvalue weighted by Gasteiger charge is -2.08. The van der Waals surface area contributed by atoms with Gasteiger partial charge in [0.1, 0.15) is 0 Å². The molecule has 0 radical (unpaired) electrons. The minimum absolute atomic E-state index is 0.159. The largest absolute Gasteiger partial charge is 0.324 e. The van der Waals surface area contributed by atoms with Gasteiger partial charge in [-0.05, 0) is 12.8 Å². The van der Waals surface area contributed by atoms with Crippen LogP contribution in [0, 0.1) is 0 Å². The lowest BCUT2D eigenvalue weighted by Crippen LogP contribution is -2.12. The van der Waals surface area contributed by atoms with Gasteiger partial charge in [-0.3, -0.25) is 4.79 Å². The van der Waals surface area contributed by atoms with Gasteiger partial charge in [-0.1, -0.05) is 17.8 Å². The number of aromatic nitrogens is 2. The van der Waals surface area contributed by atoms with Crippen LogP contribution in [0.4, 0.5) is 0 Å². The highest BCUT2D eigenvalue weighted by Gasteiger charge is 2.25. The summed E-state index contributed by atoms with van der Waals surface area (Å²) in [6.45, 7) is 3.65. The van der Waals surface area contributed by atoms with E-state index in [1.54, 1.807) is 11.8 Å². The first-order valence-corrected chi connectivity index (χ1v) is 5.62. The van der Waals surface area contributed by atoms with E-state index >= 15 is 0 Å². The summed E-state index contributed by atoms with van der Waals surface area (Å²) in [6.07, 6.45) is 6.07. The van der Waals surface area contributed by atoms with E-state index in [2.05, 4.69) is 16.1 Å². The highest BCUT2D eigenvalue weighted by Crippen LogP contribution is 2.36. The summed E-state index contributed by atoms with van der Waals surface area (Å²) >= 11 is 1.56. The average Bonchev–Trinajstić information content (AvgIpc) is 2.98. The monoisotopic (exact) mass is 208 g/mol. The van der Waals surface area contributed by atoms with Crippen molar-refractivity contribution in [1.82, 2.24) is 9.55 Å². The fourth-order valence-electron chi connectivity index (χ4n) is 1.27. The number of hydrogen-bond donors (Lipinski definition) is 0. The molecule has 0 N–H and O–H groups in total. The Morgan fingerprint density at radius 3 is 3.14 bits per heavy atom. The quantitative estimate of drug-likeness (QED) is 0.430. The smallest absolute Gasteiger partial charge is 0.273 e.